The fraction of sp³-hybridized carbons (Fsp3) is 0.556. The van der Waals surface area contributed by atoms with E-state index in [1.807, 2.05) is 24.3 Å². The molecule has 2 saturated heterocycles. The van der Waals surface area contributed by atoms with Gasteiger partial charge in [-0.3, -0.25) is 4.99 Å². The molecule has 47 heavy (non-hydrogen) atoms. The van der Waals surface area contributed by atoms with Crippen LogP contribution in [0.25, 0.3) is 0 Å². The number of methoxy groups -OCH3 is 1. The van der Waals surface area contributed by atoms with Crippen LogP contribution in [-0.2, 0) is 15.7 Å². The first-order chi connectivity index (χ1) is 22.7. The molecule has 11 heteroatoms. The molecule has 1 unspecified atom stereocenters. The van der Waals surface area contributed by atoms with Crippen molar-refractivity contribution < 1.29 is 14.0 Å². The summed E-state index contributed by atoms with van der Waals surface area (Å²) in [6.45, 7) is 17.1. The molecule has 2 aliphatic heterocycles. The fourth-order valence-corrected chi connectivity index (χ4v) is 7.88. The first-order valence-electron chi connectivity index (χ1n) is 17.0. The summed E-state index contributed by atoms with van der Waals surface area (Å²) in [5, 5.41) is 7.58. The summed E-state index contributed by atoms with van der Waals surface area (Å²) in [6, 6.07) is 12.4. The van der Waals surface area contributed by atoms with Crippen LogP contribution in [-0.4, -0.2) is 89.9 Å². The van der Waals surface area contributed by atoms with Gasteiger partial charge in [0.25, 0.3) is 0 Å². The quantitative estimate of drug-likeness (QED) is 0.149. The first-order valence-corrected chi connectivity index (χ1v) is 20.0. The highest BCUT2D eigenvalue weighted by Gasteiger charge is 2.28. The molecule has 0 aromatic heterocycles. The summed E-state index contributed by atoms with van der Waals surface area (Å²) in [5.74, 6) is 1.14. The summed E-state index contributed by atoms with van der Waals surface area (Å²) < 4.78 is 24.6. The van der Waals surface area contributed by atoms with Gasteiger partial charge in [0.15, 0.2) is 0 Å². The predicted octanol–water partition coefficient (Wildman–Crippen LogP) is 7.42. The average molecular weight is 685 g/mol. The van der Waals surface area contributed by atoms with E-state index < -0.39 is 7.14 Å². The Balaban J connectivity index is 1.38. The van der Waals surface area contributed by atoms with E-state index in [1.54, 1.807) is 26.7 Å². The summed E-state index contributed by atoms with van der Waals surface area (Å²) in [5.41, 5.74) is 4.12. The number of ether oxygens (including phenoxy) is 2. The van der Waals surface area contributed by atoms with Gasteiger partial charge in [-0.05, 0) is 88.8 Å². The van der Waals surface area contributed by atoms with Crippen molar-refractivity contribution in [1.82, 2.24) is 4.90 Å². The normalized spacial score (nSPS) is 18.9. The Hall–Kier alpha value is -2.84. The molecule has 2 fully saturated rings. The Bertz CT molecular complexity index is 1440. The SMILES string of the molecule is C=N/C(Nc1ccccc1P(C)(C)=O)=C(/Cl)C=NCNc1cc(CC)c(N2CCCC(N3CCC(OCCC)CC3)CC2)cc1OC. The Morgan fingerprint density at radius 3 is 2.53 bits per heavy atom. The van der Waals surface area contributed by atoms with E-state index in [0.29, 0.717) is 35.4 Å². The predicted molar refractivity (Wildman–Crippen MR) is 202 cm³/mol. The monoisotopic (exact) mass is 684 g/mol. The molecule has 2 aromatic carbocycles. The highest BCUT2D eigenvalue weighted by atomic mass is 35.5. The lowest BCUT2D eigenvalue weighted by atomic mass is 10.0. The van der Waals surface area contributed by atoms with Gasteiger partial charge in [0.2, 0.25) is 0 Å². The van der Waals surface area contributed by atoms with Crippen molar-refractivity contribution in [2.75, 3.05) is 75.4 Å². The lowest BCUT2D eigenvalue weighted by Gasteiger charge is -2.37. The number of aliphatic imine (C=N–C) groups is 2. The van der Waals surface area contributed by atoms with E-state index in [1.165, 1.54) is 30.5 Å². The number of likely N-dealkylation sites (tertiary alicyclic amines) is 1. The van der Waals surface area contributed by atoms with Gasteiger partial charge in [0.05, 0.1) is 24.6 Å². The zero-order valence-corrected chi connectivity index (χ0v) is 30.6. The van der Waals surface area contributed by atoms with Gasteiger partial charge >= 0.3 is 0 Å². The Morgan fingerprint density at radius 2 is 1.85 bits per heavy atom. The van der Waals surface area contributed by atoms with Gasteiger partial charge in [0.1, 0.15) is 30.4 Å². The van der Waals surface area contributed by atoms with E-state index in [9.17, 15) is 4.57 Å². The van der Waals surface area contributed by atoms with Crippen LogP contribution in [0, 0.1) is 0 Å². The molecule has 0 radical (unpaired) electrons. The molecule has 1 atom stereocenters. The molecule has 0 aliphatic carbocycles. The van der Waals surface area contributed by atoms with Gasteiger partial charge in [-0.1, -0.05) is 37.6 Å². The third-order valence-corrected chi connectivity index (χ3v) is 10.9. The number of nitrogens with zero attached hydrogens (tertiary/aromatic N) is 4. The molecule has 258 valence electrons. The van der Waals surface area contributed by atoms with Crippen molar-refractivity contribution in [1.29, 1.82) is 0 Å². The first kappa shape index (κ1) is 37.0. The van der Waals surface area contributed by atoms with Gasteiger partial charge in [0, 0.05) is 62.1 Å². The molecule has 0 bridgehead atoms. The second-order valence-corrected chi connectivity index (χ2v) is 16.3. The number of hydrogen-bond acceptors (Lipinski definition) is 9. The number of benzene rings is 2. The van der Waals surface area contributed by atoms with Crippen LogP contribution < -0.4 is 25.6 Å². The van der Waals surface area contributed by atoms with E-state index in [4.69, 9.17) is 21.1 Å². The van der Waals surface area contributed by atoms with E-state index >= 15 is 0 Å². The number of aryl methyl sites for hydroxylation is 1. The molecule has 2 aliphatic rings. The summed E-state index contributed by atoms with van der Waals surface area (Å²) in [7, 11) is -0.801. The lowest BCUT2D eigenvalue weighted by molar-refractivity contribution is -0.00281. The zero-order chi connectivity index (χ0) is 33.8. The second kappa shape index (κ2) is 18.1. The van der Waals surface area contributed by atoms with Crippen LogP contribution in [0.4, 0.5) is 17.1 Å². The van der Waals surface area contributed by atoms with Crippen LogP contribution in [0.5, 0.6) is 5.75 Å². The van der Waals surface area contributed by atoms with Crippen LogP contribution in [0.3, 0.4) is 0 Å². The molecule has 2 N–H and O–H groups in total. The number of piperidine rings is 1. The number of rotatable bonds is 15. The maximum absolute atomic E-state index is 12.8. The summed E-state index contributed by atoms with van der Waals surface area (Å²) in [6.07, 6.45) is 9.89. The van der Waals surface area contributed by atoms with Crippen LogP contribution in [0.1, 0.15) is 57.9 Å². The maximum Gasteiger partial charge on any atom is 0.150 e. The standard InChI is InChI=1S/C36H54ClN6O3P/c1-7-22-46-29-16-20-42(21-17-29)28-12-11-18-43(19-15-28)33-24-34(45-4)32(23-27(33)8-2)40-26-39-25-30(37)36(38-3)41-31-13-9-10-14-35(31)47(5,6)44/h9-10,13-14,23-25,28-29,40-41H,3,7-8,11-12,15-22,26H2,1-2,4-6H3/b36-30-,39-25?. The van der Waals surface area contributed by atoms with E-state index in [2.05, 4.69) is 63.1 Å². The largest absolute Gasteiger partial charge is 0.495 e. The number of anilines is 3. The van der Waals surface area contributed by atoms with Crippen molar-refractivity contribution in [2.24, 2.45) is 9.98 Å². The molecular weight excluding hydrogens is 631 g/mol. The lowest BCUT2D eigenvalue weighted by Crippen LogP contribution is -2.43. The maximum atomic E-state index is 12.8. The van der Waals surface area contributed by atoms with Gasteiger partial charge in [-0.2, -0.15) is 0 Å². The van der Waals surface area contributed by atoms with Crippen LogP contribution >= 0.6 is 18.7 Å². The molecular formula is C36H54ClN6O3P. The summed E-state index contributed by atoms with van der Waals surface area (Å²) >= 11 is 6.55. The number of para-hydroxylation sites is 1. The number of allylic oxidation sites excluding steroid dienone is 1. The molecule has 2 aromatic rings. The molecule has 2 heterocycles. The molecule has 0 amide bonds. The van der Waals surface area contributed by atoms with Crippen molar-refractivity contribution in [3.05, 3.63) is 52.8 Å². The van der Waals surface area contributed by atoms with Crippen molar-refractivity contribution >= 4 is 54.0 Å². The topological polar surface area (TPSA) is 90.8 Å². The zero-order valence-electron chi connectivity index (χ0n) is 28.9. The third-order valence-electron chi connectivity index (χ3n) is 9.06. The Kier molecular flexibility index (Phi) is 14.2. The van der Waals surface area contributed by atoms with E-state index in [-0.39, 0.29) is 0 Å². The average Bonchev–Trinajstić information content (AvgIpc) is 3.34. The molecule has 9 nitrogen and oxygen atoms in total. The third kappa shape index (κ3) is 10.3. The van der Waals surface area contributed by atoms with Crippen LogP contribution in [0.15, 0.2) is 57.2 Å². The van der Waals surface area contributed by atoms with Crippen molar-refractivity contribution in [2.45, 2.75) is 70.9 Å². The smallest absolute Gasteiger partial charge is 0.150 e. The highest BCUT2D eigenvalue weighted by molar-refractivity contribution is 7.70. The Labute approximate surface area is 287 Å². The highest BCUT2D eigenvalue weighted by Crippen LogP contribution is 2.38. The van der Waals surface area contributed by atoms with Gasteiger partial charge < -0.3 is 34.5 Å². The minimum absolute atomic E-state index is 0.292. The number of halogens is 1. The summed E-state index contributed by atoms with van der Waals surface area (Å²) in [4.78, 5) is 13.8. The molecule has 0 spiro atoms. The molecule has 0 saturated carbocycles. The fourth-order valence-electron chi connectivity index (χ4n) is 6.54. The number of hydrogen-bond donors (Lipinski definition) is 2. The van der Waals surface area contributed by atoms with E-state index in [0.717, 1.165) is 75.2 Å². The van der Waals surface area contributed by atoms with Crippen molar-refractivity contribution in [3.8, 4) is 5.75 Å². The van der Waals surface area contributed by atoms with Crippen LogP contribution in [0.2, 0.25) is 0 Å². The second-order valence-electron chi connectivity index (χ2n) is 12.7. The minimum Gasteiger partial charge on any atom is -0.495 e. The number of nitrogens with one attached hydrogen (secondary N) is 2. The molecule has 4 rings (SSSR count). The van der Waals surface area contributed by atoms with Gasteiger partial charge in [-0.25, -0.2) is 4.99 Å². The van der Waals surface area contributed by atoms with Gasteiger partial charge in [-0.15, -0.1) is 0 Å². The van der Waals surface area contributed by atoms with Crippen molar-refractivity contribution in [3.63, 3.8) is 0 Å². The Morgan fingerprint density at radius 1 is 1.09 bits per heavy atom. The minimum atomic E-state index is -2.51.